The first-order valence-corrected chi connectivity index (χ1v) is 13.7. The van der Waals surface area contributed by atoms with Gasteiger partial charge in [0, 0.05) is 41.1 Å². The van der Waals surface area contributed by atoms with Gasteiger partial charge in [-0.05, 0) is 31.6 Å². The molecule has 0 aliphatic carbocycles. The molecule has 0 unspecified atom stereocenters. The van der Waals surface area contributed by atoms with Crippen molar-refractivity contribution in [2.45, 2.75) is 38.5 Å². The van der Waals surface area contributed by atoms with E-state index in [2.05, 4.69) is 126 Å². The van der Waals surface area contributed by atoms with E-state index in [9.17, 15) is 15.0 Å². The van der Waals surface area contributed by atoms with Gasteiger partial charge in [-0.25, -0.2) is 9.83 Å². The average molecular weight is 647 g/mol. The lowest BCUT2D eigenvalue weighted by molar-refractivity contribution is -0.784. The van der Waals surface area contributed by atoms with Crippen molar-refractivity contribution in [1.29, 1.82) is 0 Å². The molecule has 208 valence electrons. The molecular weight excluding hydrogens is 611 g/mol. The maximum absolute atomic E-state index is 9.64. The van der Waals surface area contributed by atoms with Crippen molar-refractivity contribution in [1.82, 2.24) is 0 Å². The van der Waals surface area contributed by atoms with Gasteiger partial charge in [0.05, 0.1) is 34.6 Å². The van der Waals surface area contributed by atoms with Crippen molar-refractivity contribution < 1.29 is 34.8 Å². The van der Waals surface area contributed by atoms with Gasteiger partial charge in [0.25, 0.3) is 0 Å². The third-order valence-electron chi connectivity index (χ3n) is 7.08. The number of carbonyl (C=O) groups is 1. The van der Waals surface area contributed by atoms with E-state index >= 15 is 0 Å². The highest BCUT2D eigenvalue weighted by atomic mass is 127. The minimum absolute atomic E-state index is 0.111. The Morgan fingerprint density at radius 2 is 1.64 bits per heavy atom. The normalized spacial score (nSPS) is 17.9. The molecule has 0 atom stereocenters. The Kier molecular flexibility index (Phi) is 10.6. The number of para-hydroxylation sites is 2. The largest absolute Gasteiger partial charge is 0.681 e. The fourth-order valence-corrected chi connectivity index (χ4v) is 5.42. The van der Waals surface area contributed by atoms with E-state index in [1.165, 1.54) is 56.5 Å². The van der Waals surface area contributed by atoms with Crippen LogP contribution in [0.1, 0.15) is 38.8 Å². The maximum Gasteiger partial charge on any atom is 0.399 e. The number of hydrogen-bond donors (Lipinski definition) is 2. The fourth-order valence-electron chi connectivity index (χ4n) is 5.35. The van der Waals surface area contributed by atoms with E-state index in [0.717, 1.165) is 0 Å². The van der Waals surface area contributed by atoms with Crippen LogP contribution in [0.25, 0.3) is 0 Å². The highest BCUT2D eigenvalue weighted by molar-refractivity contribution is 14.1. The summed E-state index contributed by atoms with van der Waals surface area (Å²) in [5, 5.41) is 30.8. The Labute approximate surface area is 243 Å². The van der Waals surface area contributed by atoms with Crippen LogP contribution < -0.4 is 10.2 Å². The van der Waals surface area contributed by atoms with E-state index in [4.69, 9.17) is 5.26 Å². The lowest BCUT2D eigenvalue weighted by atomic mass is 9.81. The average Bonchev–Trinajstić information content (AvgIpc) is 3.24. The molecule has 0 amide bonds. The lowest BCUT2D eigenvalue weighted by Crippen LogP contribution is -2.28. The number of carbonyl (C=O) groups excluding carboxylic acids is 1. The number of hydrogen-bond acceptors (Lipinski definition) is 7. The van der Waals surface area contributed by atoms with E-state index in [-0.39, 0.29) is 24.0 Å². The van der Waals surface area contributed by atoms with E-state index in [1.807, 2.05) is 0 Å². The molecule has 0 spiro atoms. The van der Waals surface area contributed by atoms with Gasteiger partial charge in [-0.15, -0.1) is 0 Å². The number of anilines is 1. The molecule has 0 saturated heterocycles. The highest BCUT2D eigenvalue weighted by Gasteiger charge is 2.43. The summed E-state index contributed by atoms with van der Waals surface area (Å²) in [4.78, 5) is 15.0. The minimum Gasteiger partial charge on any atom is -0.681 e. The maximum atomic E-state index is 9.64. The van der Waals surface area contributed by atoms with Gasteiger partial charge in [0.1, 0.15) is 6.61 Å². The molecule has 0 aromatic heterocycles. The summed E-state index contributed by atoms with van der Waals surface area (Å²) in [7, 11) is 0. The second-order valence-electron chi connectivity index (χ2n) is 10.1. The van der Waals surface area contributed by atoms with Crippen LogP contribution in [-0.2, 0) is 20.8 Å². The molecule has 2 aromatic carbocycles. The third-order valence-corrected chi connectivity index (χ3v) is 7.26. The van der Waals surface area contributed by atoms with Crippen molar-refractivity contribution >= 4 is 43.7 Å². The van der Waals surface area contributed by atoms with E-state index in [0.29, 0.717) is 13.1 Å². The smallest absolute Gasteiger partial charge is 0.399 e. The molecule has 2 aliphatic heterocycles. The SMILES string of the molecule is CC1(C)C(/C=C/C=C/C=C2/N(CCO)c3ccccc3C2(C)C)=[N+](CCO)c2ccccc21.O=C(I)OO[O-]. The summed E-state index contributed by atoms with van der Waals surface area (Å²) in [5.41, 5.74) is 7.04. The lowest BCUT2D eigenvalue weighted by Gasteiger charge is -2.26. The number of β-amino-alcohol motifs (C(OH)–C–C–N with tert-alkyl or cyclic N) is 2. The summed E-state index contributed by atoms with van der Waals surface area (Å²) in [6.45, 7) is 10.3. The first-order valence-electron chi connectivity index (χ1n) is 12.7. The monoisotopic (exact) mass is 646 g/mol. The van der Waals surface area contributed by atoms with Crippen molar-refractivity contribution in [3.05, 3.63) is 95.7 Å². The zero-order chi connectivity index (χ0) is 28.6. The molecule has 0 radical (unpaired) electrons. The Morgan fingerprint density at radius 3 is 2.26 bits per heavy atom. The van der Waals surface area contributed by atoms with E-state index in [1.54, 1.807) is 0 Å². The zero-order valence-corrected chi connectivity index (χ0v) is 24.8. The number of aliphatic hydroxyl groups excluding tert-OH is 2. The van der Waals surface area contributed by atoms with Gasteiger partial charge in [-0.2, -0.15) is 4.58 Å². The molecule has 39 heavy (non-hydrogen) atoms. The topological polar surface area (TPSA) is 105 Å². The van der Waals surface area contributed by atoms with Crippen LogP contribution >= 0.6 is 22.6 Å². The summed E-state index contributed by atoms with van der Waals surface area (Å²) >= 11 is 1.26. The van der Waals surface area contributed by atoms with Gasteiger partial charge >= 0.3 is 3.98 Å². The van der Waals surface area contributed by atoms with Crippen LogP contribution in [0, 0.1) is 0 Å². The van der Waals surface area contributed by atoms with Gasteiger partial charge in [0.2, 0.25) is 5.69 Å². The first kappa shape index (κ1) is 30.7. The number of halogens is 1. The quantitative estimate of drug-likeness (QED) is 0.108. The van der Waals surface area contributed by atoms with Crippen LogP contribution in [-0.4, -0.2) is 50.8 Å². The van der Waals surface area contributed by atoms with Gasteiger partial charge in [0.15, 0.2) is 12.3 Å². The molecule has 4 rings (SSSR count). The van der Waals surface area contributed by atoms with Gasteiger partial charge in [-0.1, -0.05) is 68.5 Å². The predicted molar refractivity (Wildman–Crippen MR) is 158 cm³/mol. The molecule has 9 heteroatoms. The van der Waals surface area contributed by atoms with Crippen molar-refractivity contribution in [3.63, 3.8) is 0 Å². The van der Waals surface area contributed by atoms with Gasteiger partial charge < -0.3 is 20.4 Å². The third kappa shape index (κ3) is 6.67. The molecule has 2 N–H and O–H groups in total. The number of benzene rings is 2. The number of allylic oxidation sites excluding steroid dienone is 6. The summed E-state index contributed by atoms with van der Waals surface area (Å²) in [5.74, 6) is 0. The standard InChI is InChI=1S/C29H35N2O2.CHIO4/c1-28(2)22-12-8-10-14-24(22)30(18-20-32)26(28)16-6-5-7-17-27-29(3,4)23-13-9-11-15-25(23)31(27)19-21-33;2-1(3)5-6-4/h5-17,32-33H,18-21H2,1-4H3;4H/q+1;/p-1. The van der Waals surface area contributed by atoms with Crippen LogP contribution in [0.2, 0.25) is 0 Å². The second kappa shape index (κ2) is 13.5. The van der Waals surface area contributed by atoms with Crippen LogP contribution in [0.15, 0.2) is 84.6 Å². The molecule has 8 nitrogen and oxygen atoms in total. The van der Waals surface area contributed by atoms with Crippen LogP contribution in [0.3, 0.4) is 0 Å². The number of nitrogens with zero attached hydrogens (tertiary/aromatic N) is 2. The molecule has 2 aromatic rings. The highest BCUT2D eigenvalue weighted by Crippen LogP contribution is 2.47. The number of aliphatic hydroxyl groups is 2. The Morgan fingerprint density at radius 1 is 0.974 bits per heavy atom. The van der Waals surface area contributed by atoms with E-state index < -0.39 is 3.98 Å². The molecular formula is C30H35IN2O6. The molecule has 0 fully saturated rings. The number of rotatable bonds is 8. The van der Waals surface area contributed by atoms with Crippen molar-refractivity contribution in [2.75, 3.05) is 31.2 Å². The molecule has 0 bridgehead atoms. The zero-order valence-electron chi connectivity index (χ0n) is 22.6. The molecule has 2 aliphatic rings. The Hall–Kier alpha value is -2.83. The Balaban J connectivity index is 0.000000631. The molecule has 0 saturated carbocycles. The van der Waals surface area contributed by atoms with Crippen molar-refractivity contribution in [2.24, 2.45) is 0 Å². The van der Waals surface area contributed by atoms with Crippen molar-refractivity contribution in [3.8, 4) is 0 Å². The first-order chi connectivity index (χ1) is 18.6. The molecule has 2 heterocycles. The summed E-state index contributed by atoms with van der Waals surface area (Å²) in [6.07, 6.45) is 10.5. The second-order valence-corrected chi connectivity index (χ2v) is 11.0. The Bertz CT molecular complexity index is 1300. The fraction of sp³-hybridized carbons (Fsp3) is 0.333. The predicted octanol–water partition coefficient (Wildman–Crippen LogP) is 4.61. The summed E-state index contributed by atoms with van der Waals surface area (Å²) < 4.78 is 1.44. The van der Waals surface area contributed by atoms with Crippen LogP contribution in [0.4, 0.5) is 16.2 Å². The van der Waals surface area contributed by atoms with Gasteiger partial charge in [-0.3, -0.25) is 4.89 Å². The summed E-state index contributed by atoms with van der Waals surface area (Å²) in [6, 6.07) is 16.9. The minimum atomic E-state index is -0.775. The van der Waals surface area contributed by atoms with Crippen LogP contribution in [0.5, 0.6) is 0 Å². The number of fused-ring (bicyclic) bond motifs is 2.